The SMILES string of the molecule is COC(=O)c1cccc(Nc2cc(C(=O)Nc3cccc(Cl)c3)ccn2)c1. The van der Waals surface area contributed by atoms with Crippen LogP contribution in [0, 0.1) is 0 Å². The van der Waals surface area contributed by atoms with Crippen molar-refractivity contribution < 1.29 is 14.3 Å². The van der Waals surface area contributed by atoms with Crippen molar-refractivity contribution >= 4 is 40.7 Å². The molecular weight excluding hydrogens is 366 g/mol. The van der Waals surface area contributed by atoms with Crippen molar-refractivity contribution in [2.24, 2.45) is 0 Å². The summed E-state index contributed by atoms with van der Waals surface area (Å²) in [6.07, 6.45) is 1.53. The Balaban J connectivity index is 1.75. The van der Waals surface area contributed by atoms with Crippen molar-refractivity contribution in [2.75, 3.05) is 17.7 Å². The molecule has 0 aliphatic heterocycles. The molecule has 0 aliphatic rings. The van der Waals surface area contributed by atoms with E-state index >= 15 is 0 Å². The number of esters is 1. The summed E-state index contributed by atoms with van der Waals surface area (Å²) in [4.78, 5) is 28.3. The van der Waals surface area contributed by atoms with E-state index in [1.54, 1.807) is 60.7 Å². The Bertz CT molecular complexity index is 991. The number of nitrogens with one attached hydrogen (secondary N) is 2. The quantitative estimate of drug-likeness (QED) is 0.635. The third-order valence-electron chi connectivity index (χ3n) is 3.66. The van der Waals surface area contributed by atoms with Gasteiger partial charge in [-0.1, -0.05) is 23.7 Å². The fraction of sp³-hybridized carbons (Fsp3) is 0.0500. The van der Waals surface area contributed by atoms with Crippen LogP contribution in [-0.2, 0) is 4.74 Å². The molecule has 0 saturated carbocycles. The molecule has 2 aromatic carbocycles. The van der Waals surface area contributed by atoms with Crippen LogP contribution in [0.1, 0.15) is 20.7 Å². The smallest absolute Gasteiger partial charge is 0.337 e. The molecule has 0 bridgehead atoms. The molecule has 2 N–H and O–H groups in total. The average molecular weight is 382 g/mol. The molecule has 27 heavy (non-hydrogen) atoms. The summed E-state index contributed by atoms with van der Waals surface area (Å²) in [6.45, 7) is 0. The second-order valence-corrected chi connectivity index (χ2v) is 6.03. The normalized spacial score (nSPS) is 10.1. The highest BCUT2D eigenvalue weighted by Crippen LogP contribution is 2.19. The van der Waals surface area contributed by atoms with E-state index in [9.17, 15) is 9.59 Å². The molecular formula is C20H16ClN3O3. The van der Waals surface area contributed by atoms with Crippen molar-refractivity contribution in [1.29, 1.82) is 0 Å². The van der Waals surface area contributed by atoms with Gasteiger partial charge >= 0.3 is 5.97 Å². The highest BCUT2D eigenvalue weighted by molar-refractivity contribution is 6.31. The summed E-state index contributed by atoms with van der Waals surface area (Å²) in [6, 6.07) is 16.9. The third-order valence-corrected chi connectivity index (χ3v) is 3.90. The summed E-state index contributed by atoms with van der Waals surface area (Å²) < 4.78 is 4.71. The first-order valence-corrected chi connectivity index (χ1v) is 8.41. The zero-order valence-corrected chi connectivity index (χ0v) is 15.2. The maximum atomic E-state index is 12.4. The molecule has 1 amide bonds. The van der Waals surface area contributed by atoms with Crippen LogP contribution in [0.2, 0.25) is 5.02 Å². The first-order valence-electron chi connectivity index (χ1n) is 8.03. The van der Waals surface area contributed by atoms with Crippen LogP contribution in [0.5, 0.6) is 0 Å². The van der Waals surface area contributed by atoms with E-state index in [-0.39, 0.29) is 5.91 Å². The molecule has 0 fully saturated rings. The van der Waals surface area contributed by atoms with Crippen LogP contribution in [0.25, 0.3) is 0 Å². The van der Waals surface area contributed by atoms with Crippen LogP contribution in [0.15, 0.2) is 66.9 Å². The van der Waals surface area contributed by atoms with Crippen molar-refractivity contribution in [3.05, 3.63) is 83.0 Å². The average Bonchev–Trinajstić information content (AvgIpc) is 2.68. The molecule has 1 heterocycles. The molecule has 3 aromatic rings. The summed E-state index contributed by atoms with van der Waals surface area (Å²) in [5.74, 6) is -0.247. The molecule has 0 aliphatic carbocycles. The van der Waals surface area contributed by atoms with Gasteiger partial charge in [0.05, 0.1) is 12.7 Å². The van der Waals surface area contributed by atoms with Crippen molar-refractivity contribution in [1.82, 2.24) is 4.98 Å². The summed E-state index contributed by atoms with van der Waals surface area (Å²) in [7, 11) is 1.33. The zero-order chi connectivity index (χ0) is 19.2. The number of anilines is 3. The lowest BCUT2D eigenvalue weighted by Crippen LogP contribution is -2.12. The van der Waals surface area contributed by atoms with Gasteiger partial charge < -0.3 is 15.4 Å². The molecule has 1 aromatic heterocycles. The lowest BCUT2D eigenvalue weighted by Gasteiger charge is -2.09. The first-order chi connectivity index (χ1) is 13.0. The number of halogens is 1. The van der Waals surface area contributed by atoms with Gasteiger partial charge in [0.1, 0.15) is 5.82 Å². The molecule has 0 atom stereocenters. The number of amides is 1. The third kappa shape index (κ3) is 4.83. The molecule has 0 unspecified atom stereocenters. The number of hydrogen-bond acceptors (Lipinski definition) is 5. The van der Waals surface area contributed by atoms with Crippen LogP contribution in [-0.4, -0.2) is 24.0 Å². The molecule has 0 spiro atoms. The van der Waals surface area contributed by atoms with E-state index in [0.29, 0.717) is 33.3 Å². The van der Waals surface area contributed by atoms with Gasteiger partial charge in [0.2, 0.25) is 0 Å². The van der Waals surface area contributed by atoms with Crippen LogP contribution >= 0.6 is 11.6 Å². The van der Waals surface area contributed by atoms with Crippen molar-refractivity contribution in [2.45, 2.75) is 0 Å². The Hall–Kier alpha value is -3.38. The number of pyridine rings is 1. The number of ether oxygens (including phenoxy) is 1. The molecule has 136 valence electrons. The predicted octanol–water partition coefficient (Wildman–Crippen LogP) is 4.52. The monoisotopic (exact) mass is 381 g/mol. The summed E-state index contributed by atoms with van der Waals surface area (Å²) in [5, 5.41) is 6.39. The van der Waals surface area contributed by atoms with Crippen molar-refractivity contribution in [3.8, 4) is 0 Å². The number of rotatable bonds is 5. The van der Waals surface area contributed by atoms with Gasteiger partial charge in [-0.25, -0.2) is 9.78 Å². The Labute approximate surface area is 161 Å². The van der Waals surface area contributed by atoms with Gasteiger partial charge in [0.25, 0.3) is 5.91 Å². The standard InChI is InChI=1S/C20H16ClN3O3/c1-27-20(26)14-4-2-6-16(10-14)23-18-11-13(8-9-22-18)19(25)24-17-7-3-5-15(21)12-17/h2-12H,1H3,(H,22,23)(H,24,25). The van der Waals surface area contributed by atoms with Gasteiger partial charge in [-0.2, -0.15) is 0 Å². The molecule has 0 radical (unpaired) electrons. The summed E-state index contributed by atoms with van der Waals surface area (Å²) >= 11 is 5.93. The Morgan fingerprint density at radius 2 is 1.74 bits per heavy atom. The number of benzene rings is 2. The fourth-order valence-corrected chi connectivity index (χ4v) is 2.59. The van der Waals surface area contributed by atoms with Gasteiger partial charge in [-0.15, -0.1) is 0 Å². The highest BCUT2D eigenvalue weighted by atomic mass is 35.5. The second-order valence-electron chi connectivity index (χ2n) is 5.59. The Kier molecular flexibility index (Phi) is 5.68. The fourth-order valence-electron chi connectivity index (χ4n) is 2.40. The number of hydrogen-bond donors (Lipinski definition) is 2. The maximum Gasteiger partial charge on any atom is 0.337 e. The zero-order valence-electron chi connectivity index (χ0n) is 14.4. The molecule has 0 saturated heterocycles. The Morgan fingerprint density at radius 3 is 2.52 bits per heavy atom. The van der Waals surface area contributed by atoms with E-state index in [1.165, 1.54) is 13.3 Å². The van der Waals surface area contributed by atoms with Crippen LogP contribution in [0.3, 0.4) is 0 Å². The van der Waals surface area contributed by atoms with Gasteiger partial charge in [0.15, 0.2) is 0 Å². The molecule has 6 nitrogen and oxygen atoms in total. The number of methoxy groups -OCH3 is 1. The first kappa shape index (κ1) is 18.4. The molecule has 3 rings (SSSR count). The lowest BCUT2D eigenvalue weighted by atomic mass is 10.2. The van der Waals surface area contributed by atoms with E-state index < -0.39 is 5.97 Å². The minimum absolute atomic E-state index is 0.286. The molecule has 7 heteroatoms. The van der Waals surface area contributed by atoms with Crippen LogP contribution in [0.4, 0.5) is 17.2 Å². The number of nitrogens with zero attached hydrogens (tertiary/aromatic N) is 1. The van der Waals surface area contributed by atoms with Gasteiger partial charge in [0, 0.05) is 28.2 Å². The van der Waals surface area contributed by atoms with E-state index in [0.717, 1.165) is 0 Å². The largest absolute Gasteiger partial charge is 0.465 e. The second kappa shape index (κ2) is 8.33. The maximum absolute atomic E-state index is 12.4. The lowest BCUT2D eigenvalue weighted by molar-refractivity contribution is 0.0600. The Morgan fingerprint density at radius 1 is 0.963 bits per heavy atom. The van der Waals surface area contributed by atoms with E-state index in [4.69, 9.17) is 16.3 Å². The number of carbonyl (C=O) groups excluding carboxylic acids is 2. The number of aromatic nitrogens is 1. The van der Waals surface area contributed by atoms with Gasteiger partial charge in [-0.3, -0.25) is 4.79 Å². The van der Waals surface area contributed by atoms with E-state index in [2.05, 4.69) is 15.6 Å². The van der Waals surface area contributed by atoms with E-state index in [1.807, 2.05) is 0 Å². The topological polar surface area (TPSA) is 80.3 Å². The minimum Gasteiger partial charge on any atom is -0.465 e. The predicted molar refractivity (Wildman–Crippen MR) is 105 cm³/mol. The van der Waals surface area contributed by atoms with Crippen molar-refractivity contribution in [3.63, 3.8) is 0 Å². The van der Waals surface area contributed by atoms with Gasteiger partial charge in [-0.05, 0) is 48.5 Å². The minimum atomic E-state index is -0.429. The number of carbonyl (C=O) groups is 2. The van der Waals surface area contributed by atoms with Crippen LogP contribution < -0.4 is 10.6 Å². The summed E-state index contributed by atoms with van der Waals surface area (Å²) in [5.41, 5.74) is 2.09. The highest BCUT2D eigenvalue weighted by Gasteiger charge is 2.09.